The highest BCUT2D eigenvalue weighted by Crippen LogP contribution is 2.22. The van der Waals surface area contributed by atoms with E-state index in [0.29, 0.717) is 12.5 Å². The molecule has 0 unspecified atom stereocenters. The number of amides is 1. The highest BCUT2D eigenvalue weighted by molar-refractivity contribution is 5.76. The molecular formula is C16H22N4O. The Hall–Kier alpha value is -2.04. The predicted octanol–water partition coefficient (Wildman–Crippen LogP) is 2.50. The molecule has 3 rings (SSSR count). The zero-order valence-corrected chi connectivity index (χ0v) is 12.4. The number of carbonyl (C=O) groups is 1. The van der Waals surface area contributed by atoms with Gasteiger partial charge in [0, 0.05) is 50.3 Å². The number of likely N-dealkylation sites (tertiary alicyclic amines) is 1. The van der Waals surface area contributed by atoms with Crippen molar-refractivity contribution in [1.29, 1.82) is 0 Å². The van der Waals surface area contributed by atoms with Crippen molar-refractivity contribution in [1.82, 2.24) is 19.2 Å². The number of rotatable bonds is 4. The zero-order valence-electron chi connectivity index (χ0n) is 12.4. The number of aromatic nitrogens is 3. The van der Waals surface area contributed by atoms with Crippen LogP contribution in [-0.2, 0) is 4.79 Å². The minimum absolute atomic E-state index is 0.206. The Kier molecular flexibility index (Phi) is 4.08. The summed E-state index contributed by atoms with van der Waals surface area (Å²) in [6.07, 6.45) is 10.5. The third kappa shape index (κ3) is 3.17. The largest absolute Gasteiger partial charge is 0.351 e. The van der Waals surface area contributed by atoms with Crippen LogP contribution in [0.3, 0.4) is 0 Å². The maximum atomic E-state index is 12.5. The Morgan fingerprint density at radius 3 is 2.81 bits per heavy atom. The van der Waals surface area contributed by atoms with Gasteiger partial charge < -0.3 is 9.47 Å². The predicted molar refractivity (Wildman–Crippen MR) is 80.8 cm³/mol. The fourth-order valence-electron chi connectivity index (χ4n) is 3.02. The summed E-state index contributed by atoms with van der Waals surface area (Å²) in [5.41, 5.74) is 0. The molecule has 2 aromatic heterocycles. The van der Waals surface area contributed by atoms with E-state index in [0.717, 1.165) is 25.9 Å². The smallest absolute Gasteiger partial charge is 0.224 e. The standard InChI is InChI=1S/C16H22N4O/c1-14(18-8-2-3-9-18)12-16(21)19-10-4-6-15(13-19)20-11-5-7-17-20/h2-3,5,7-9,11,14-15H,4,6,10,12-13H2,1H3/t14-,15+/m0/s1. The molecule has 0 aliphatic carbocycles. The molecule has 1 fully saturated rings. The molecule has 2 aromatic rings. The molecular weight excluding hydrogens is 264 g/mol. The van der Waals surface area contributed by atoms with E-state index in [4.69, 9.17) is 0 Å². The summed E-state index contributed by atoms with van der Waals surface area (Å²) in [4.78, 5) is 14.5. The molecule has 1 amide bonds. The normalized spacial score (nSPS) is 20.4. The molecule has 1 aliphatic rings. The van der Waals surface area contributed by atoms with Gasteiger partial charge in [-0.15, -0.1) is 0 Å². The van der Waals surface area contributed by atoms with Crippen LogP contribution in [0.25, 0.3) is 0 Å². The van der Waals surface area contributed by atoms with Crippen molar-refractivity contribution in [2.45, 2.75) is 38.3 Å². The van der Waals surface area contributed by atoms with Gasteiger partial charge in [0.05, 0.1) is 6.04 Å². The molecule has 0 saturated carbocycles. The van der Waals surface area contributed by atoms with Crippen LogP contribution in [0.2, 0.25) is 0 Å². The van der Waals surface area contributed by atoms with Gasteiger partial charge in [-0.25, -0.2) is 0 Å². The fraction of sp³-hybridized carbons (Fsp3) is 0.500. The van der Waals surface area contributed by atoms with Crippen molar-refractivity contribution < 1.29 is 4.79 Å². The Bertz CT molecular complexity index is 561. The second kappa shape index (κ2) is 6.16. The van der Waals surface area contributed by atoms with Crippen molar-refractivity contribution in [3.8, 4) is 0 Å². The zero-order chi connectivity index (χ0) is 14.7. The lowest BCUT2D eigenvalue weighted by atomic mass is 10.0. The van der Waals surface area contributed by atoms with Crippen LogP contribution in [0.1, 0.15) is 38.3 Å². The van der Waals surface area contributed by atoms with Gasteiger partial charge in [0.25, 0.3) is 0 Å². The van der Waals surface area contributed by atoms with Crippen LogP contribution in [0, 0.1) is 0 Å². The van der Waals surface area contributed by atoms with Crippen molar-refractivity contribution >= 4 is 5.91 Å². The lowest BCUT2D eigenvalue weighted by molar-refractivity contribution is -0.133. The monoisotopic (exact) mass is 286 g/mol. The van der Waals surface area contributed by atoms with E-state index < -0.39 is 0 Å². The van der Waals surface area contributed by atoms with Gasteiger partial charge in [-0.05, 0) is 38.0 Å². The number of piperidine rings is 1. The highest BCUT2D eigenvalue weighted by Gasteiger charge is 2.25. The van der Waals surface area contributed by atoms with Crippen molar-refractivity contribution in [2.75, 3.05) is 13.1 Å². The first kappa shape index (κ1) is 13.9. The molecule has 0 N–H and O–H groups in total. The summed E-state index contributed by atoms with van der Waals surface area (Å²) >= 11 is 0. The second-order valence-electron chi connectivity index (χ2n) is 5.81. The lowest BCUT2D eigenvalue weighted by Gasteiger charge is -2.33. The second-order valence-corrected chi connectivity index (χ2v) is 5.81. The van der Waals surface area contributed by atoms with Gasteiger partial charge >= 0.3 is 0 Å². The number of carbonyl (C=O) groups excluding carboxylic acids is 1. The summed E-state index contributed by atoms with van der Waals surface area (Å²) < 4.78 is 4.07. The molecule has 3 heterocycles. The van der Waals surface area contributed by atoms with Gasteiger partial charge in [-0.1, -0.05) is 0 Å². The van der Waals surface area contributed by atoms with Crippen molar-refractivity contribution in [3.63, 3.8) is 0 Å². The van der Waals surface area contributed by atoms with E-state index in [1.165, 1.54) is 0 Å². The number of nitrogens with zero attached hydrogens (tertiary/aromatic N) is 4. The molecule has 0 aromatic carbocycles. The Morgan fingerprint density at radius 2 is 2.10 bits per heavy atom. The summed E-state index contributed by atoms with van der Waals surface area (Å²) in [6.45, 7) is 3.74. The average Bonchev–Trinajstić information content (AvgIpc) is 3.20. The molecule has 0 spiro atoms. The highest BCUT2D eigenvalue weighted by atomic mass is 16.2. The Labute approximate surface area is 125 Å². The third-order valence-electron chi connectivity index (χ3n) is 4.25. The summed E-state index contributed by atoms with van der Waals surface area (Å²) in [7, 11) is 0. The van der Waals surface area contributed by atoms with Gasteiger partial charge in [-0.2, -0.15) is 5.10 Å². The lowest BCUT2D eigenvalue weighted by Crippen LogP contribution is -2.41. The Balaban J connectivity index is 1.59. The van der Waals surface area contributed by atoms with Crippen LogP contribution in [0.5, 0.6) is 0 Å². The fourth-order valence-corrected chi connectivity index (χ4v) is 3.02. The molecule has 1 saturated heterocycles. The van der Waals surface area contributed by atoms with Crippen LogP contribution in [0.15, 0.2) is 43.0 Å². The topological polar surface area (TPSA) is 43.1 Å². The number of hydrogen-bond donors (Lipinski definition) is 0. The molecule has 5 nitrogen and oxygen atoms in total. The SMILES string of the molecule is C[C@@H](CC(=O)N1CCC[C@@H](n2cccn2)C1)n1cccc1. The Morgan fingerprint density at radius 1 is 1.29 bits per heavy atom. The quantitative estimate of drug-likeness (QED) is 0.866. The minimum atomic E-state index is 0.206. The van der Waals surface area contributed by atoms with Crippen LogP contribution in [0.4, 0.5) is 0 Å². The summed E-state index contributed by atoms with van der Waals surface area (Å²) in [5, 5.41) is 4.31. The third-order valence-corrected chi connectivity index (χ3v) is 4.25. The molecule has 0 bridgehead atoms. The van der Waals surface area contributed by atoms with Gasteiger partial charge in [0.2, 0.25) is 5.91 Å². The number of hydrogen-bond acceptors (Lipinski definition) is 2. The first-order chi connectivity index (χ1) is 10.2. The van der Waals surface area contributed by atoms with Gasteiger partial charge in [0.15, 0.2) is 0 Å². The maximum absolute atomic E-state index is 12.5. The first-order valence-electron chi connectivity index (χ1n) is 7.63. The average molecular weight is 286 g/mol. The van der Waals surface area contributed by atoms with Crippen LogP contribution < -0.4 is 0 Å². The molecule has 2 atom stereocenters. The first-order valence-corrected chi connectivity index (χ1v) is 7.63. The van der Waals surface area contributed by atoms with E-state index in [-0.39, 0.29) is 11.9 Å². The van der Waals surface area contributed by atoms with Gasteiger partial charge in [0.1, 0.15) is 0 Å². The van der Waals surface area contributed by atoms with E-state index in [2.05, 4.69) is 16.6 Å². The molecule has 0 radical (unpaired) electrons. The van der Waals surface area contributed by atoms with Crippen LogP contribution >= 0.6 is 0 Å². The molecule has 21 heavy (non-hydrogen) atoms. The van der Waals surface area contributed by atoms with E-state index >= 15 is 0 Å². The summed E-state index contributed by atoms with van der Waals surface area (Å²) in [6, 6.07) is 6.46. The van der Waals surface area contributed by atoms with Crippen molar-refractivity contribution in [3.05, 3.63) is 43.0 Å². The van der Waals surface area contributed by atoms with Gasteiger partial charge in [-0.3, -0.25) is 9.48 Å². The maximum Gasteiger partial charge on any atom is 0.224 e. The molecule has 1 aliphatic heterocycles. The molecule has 112 valence electrons. The molecule has 5 heteroatoms. The van der Waals surface area contributed by atoms with Crippen molar-refractivity contribution in [2.24, 2.45) is 0 Å². The van der Waals surface area contributed by atoms with E-state index in [1.54, 1.807) is 6.20 Å². The summed E-state index contributed by atoms with van der Waals surface area (Å²) in [5.74, 6) is 0.244. The van der Waals surface area contributed by atoms with E-state index in [1.807, 2.05) is 46.4 Å². The van der Waals surface area contributed by atoms with E-state index in [9.17, 15) is 4.79 Å². The van der Waals surface area contributed by atoms with Crippen LogP contribution in [-0.4, -0.2) is 38.2 Å². The minimum Gasteiger partial charge on any atom is -0.351 e.